The summed E-state index contributed by atoms with van der Waals surface area (Å²) in [6.07, 6.45) is 3.13. The van der Waals surface area contributed by atoms with Crippen LogP contribution in [0.3, 0.4) is 0 Å². The van der Waals surface area contributed by atoms with E-state index in [2.05, 4.69) is 20.6 Å². The van der Waals surface area contributed by atoms with E-state index < -0.39 is 0 Å². The second-order valence-corrected chi connectivity index (χ2v) is 7.52. The lowest BCUT2D eigenvalue weighted by Gasteiger charge is -2.22. The van der Waals surface area contributed by atoms with Crippen molar-refractivity contribution in [2.45, 2.75) is 6.54 Å². The fourth-order valence-electron chi connectivity index (χ4n) is 3.69. The number of rotatable bonds is 3. The van der Waals surface area contributed by atoms with Crippen molar-refractivity contribution >= 4 is 40.5 Å². The number of hydrogen-bond acceptors (Lipinski definition) is 6. The Balaban J connectivity index is 1.40. The summed E-state index contributed by atoms with van der Waals surface area (Å²) in [7, 11) is 0. The van der Waals surface area contributed by atoms with Crippen LogP contribution in [0.25, 0.3) is 0 Å². The van der Waals surface area contributed by atoms with Crippen LogP contribution in [0.5, 0.6) is 0 Å². The van der Waals surface area contributed by atoms with E-state index in [1.807, 2.05) is 30.3 Å². The molecule has 1 aliphatic heterocycles. The SMILES string of the molecule is Nc1ccccc1C(=O)Nc1ccc(C(=O)N2Cc3ccccc3Nc3ncccc32)cn1. The van der Waals surface area contributed by atoms with E-state index in [9.17, 15) is 9.59 Å². The smallest absolute Gasteiger partial charge is 0.260 e. The monoisotopic (exact) mass is 436 g/mol. The average molecular weight is 436 g/mol. The molecule has 0 fully saturated rings. The molecular formula is C25H20N6O2. The molecule has 2 aromatic heterocycles. The van der Waals surface area contributed by atoms with Crippen LogP contribution in [0.2, 0.25) is 0 Å². The first-order valence-electron chi connectivity index (χ1n) is 10.3. The number of anilines is 5. The van der Waals surface area contributed by atoms with Gasteiger partial charge in [0, 0.05) is 23.8 Å². The van der Waals surface area contributed by atoms with E-state index >= 15 is 0 Å². The van der Waals surface area contributed by atoms with Gasteiger partial charge in [-0.2, -0.15) is 0 Å². The molecule has 0 unspecified atom stereocenters. The summed E-state index contributed by atoms with van der Waals surface area (Å²) in [6.45, 7) is 0.381. The van der Waals surface area contributed by atoms with E-state index in [-0.39, 0.29) is 11.8 Å². The standard InChI is InChI=1S/C25H20N6O2/c26-19-8-3-2-7-18(19)24(32)30-22-12-11-16(14-28-22)25(33)31-15-17-6-1-4-9-20(17)29-23-21(31)10-5-13-27-23/h1-14H,15,26H2,(H,27,29)(H,28,30,32). The molecule has 0 saturated heterocycles. The normalized spacial score (nSPS) is 12.1. The minimum atomic E-state index is -0.366. The van der Waals surface area contributed by atoms with Gasteiger partial charge in [-0.05, 0) is 48.0 Å². The number of aromatic nitrogens is 2. The third-order valence-electron chi connectivity index (χ3n) is 5.38. The van der Waals surface area contributed by atoms with Crippen LogP contribution >= 0.6 is 0 Å². The maximum atomic E-state index is 13.5. The number of nitrogens with one attached hydrogen (secondary N) is 2. The largest absolute Gasteiger partial charge is 0.398 e. The van der Waals surface area contributed by atoms with Crippen molar-refractivity contribution in [3.05, 3.63) is 102 Å². The highest BCUT2D eigenvalue weighted by molar-refractivity contribution is 6.09. The highest BCUT2D eigenvalue weighted by atomic mass is 16.2. The zero-order valence-corrected chi connectivity index (χ0v) is 17.5. The van der Waals surface area contributed by atoms with Gasteiger partial charge >= 0.3 is 0 Å². The quantitative estimate of drug-likeness (QED) is 0.415. The molecule has 8 nitrogen and oxygen atoms in total. The van der Waals surface area contributed by atoms with Gasteiger partial charge in [0.15, 0.2) is 5.82 Å². The van der Waals surface area contributed by atoms with Gasteiger partial charge < -0.3 is 21.3 Å². The van der Waals surface area contributed by atoms with Gasteiger partial charge in [-0.15, -0.1) is 0 Å². The number of nitrogen functional groups attached to an aromatic ring is 1. The number of carbonyl (C=O) groups is 2. The van der Waals surface area contributed by atoms with E-state index in [0.29, 0.717) is 40.7 Å². The maximum absolute atomic E-state index is 13.5. The Morgan fingerprint density at radius 2 is 1.76 bits per heavy atom. The Hall–Kier alpha value is -4.72. The summed E-state index contributed by atoms with van der Waals surface area (Å²) < 4.78 is 0. The fraction of sp³-hybridized carbons (Fsp3) is 0.0400. The zero-order chi connectivity index (χ0) is 22.8. The van der Waals surface area contributed by atoms with E-state index in [0.717, 1.165) is 11.3 Å². The first-order valence-corrected chi connectivity index (χ1v) is 10.3. The van der Waals surface area contributed by atoms with Crippen molar-refractivity contribution in [2.24, 2.45) is 0 Å². The Labute approximate surface area is 190 Å². The van der Waals surface area contributed by atoms with Gasteiger partial charge in [-0.1, -0.05) is 30.3 Å². The summed E-state index contributed by atoms with van der Waals surface area (Å²) >= 11 is 0. The number of amides is 2. The summed E-state index contributed by atoms with van der Waals surface area (Å²) in [4.78, 5) is 36.3. The van der Waals surface area contributed by atoms with Crippen molar-refractivity contribution in [3.63, 3.8) is 0 Å². The van der Waals surface area contributed by atoms with Crippen molar-refractivity contribution in [1.29, 1.82) is 0 Å². The lowest BCUT2D eigenvalue weighted by atomic mass is 10.1. The molecular weight excluding hydrogens is 416 g/mol. The summed E-state index contributed by atoms with van der Waals surface area (Å²) in [5.41, 5.74) is 9.55. The lowest BCUT2D eigenvalue weighted by molar-refractivity contribution is 0.0984. The summed E-state index contributed by atoms with van der Waals surface area (Å²) in [6, 6.07) is 21.5. The van der Waals surface area contributed by atoms with E-state index in [4.69, 9.17) is 5.73 Å². The van der Waals surface area contributed by atoms with Crippen LogP contribution in [0.15, 0.2) is 85.2 Å². The topological polar surface area (TPSA) is 113 Å². The molecule has 4 N–H and O–H groups in total. The molecule has 3 heterocycles. The fourth-order valence-corrected chi connectivity index (χ4v) is 3.69. The maximum Gasteiger partial charge on any atom is 0.260 e. The Morgan fingerprint density at radius 3 is 2.58 bits per heavy atom. The van der Waals surface area contributed by atoms with Crippen LogP contribution in [-0.4, -0.2) is 21.8 Å². The van der Waals surface area contributed by atoms with Crippen LogP contribution < -0.4 is 21.3 Å². The van der Waals surface area contributed by atoms with Crippen molar-refractivity contribution in [2.75, 3.05) is 21.3 Å². The summed E-state index contributed by atoms with van der Waals surface area (Å²) in [5, 5.41) is 6.02. The predicted molar refractivity (Wildman–Crippen MR) is 128 cm³/mol. The molecule has 0 atom stereocenters. The van der Waals surface area contributed by atoms with Crippen LogP contribution in [0.4, 0.5) is 28.7 Å². The number of pyridine rings is 2. The molecule has 0 spiro atoms. The molecule has 162 valence electrons. The number of hydrogen-bond donors (Lipinski definition) is 3. The molecule has 1 aliphatic rings. The molecule has 8 heteroatoms. The first kappa shape index (κ1) is 20.2. The second-order valence-electron chi connectivity index (χ2n) is 7.52. The molecule has 0 bridgehead atoms. The van der Waals surface area contributed by atoms with Gasteiger partial charge in [0.1, 0.15) is 5.82 Å². The number of para-hydroxylation sites is 2. The number of benzene rings is 2. The molecule has 0 radical (unpaired) electrons. The number of carbonyl (C=O) groups excluding carboxylic acids is 2. The third kappa shape index (κ3) is 3.97. The molecule has 5 rings (SSSR count). The highest BCUT2D eigenvalue weighted by Gasteiger charge is 2.25. The molecule has 0 saturated carbocycles. The van der Waals surface area contributed by atoms with Crippen molar-refractivity contribution < 1.29 is 9.59 Å². The van der Waals surface area contributed by atoms with Crippen LogP contribution in [0, 0.1) is 0 Å². The highest BCUT2D eigenvalue weighted by Crippen LogP contribution is 2.34. The Kier molecular flexibility index (Phi) is 5.16. The first-order chi connectivity index (χ1) is 16.1. The Morgan fingerprint density at radius 1 is 0.939 bits per heavy atom. The van der Waals surface area contributed by atoms with Gasteiger partial charge in [0.25, 0.3) is 11.8 Å². The molecule has 0 aliphatic carbocycles. The van der Waals surface area contributed by atoms with Gasteiger partial charge in [0.2, 0.25) is 0 Å². The zero-order valence-electron chi connectivity index (χ0n) is 17.5. The minimum Gasteiger partial charge on any atom is -0.398 e. The molecule has 33 heavy (non-hydrogen) atoms. The van der Waals surface area contributed by atoms with Gasteiger partial charge in [-0.25, -0.2) is 9.97 Å². The molecule has 2 amide bonds. The van der Waals surface area contributed by atoms with Crippen LogP contribution in [-0.2, 0) is 6.54 Å². The number of nitrogens with two attached hydrogens (primary N) is 1. The van der Waals surface area contributed by atoms with Gasteiger partial charge in [0.05, 0.1) is 23.4 Å². The predicted octanol–water partition coefficient (Wildman–Crippen LogP) is 4.22. The molecule has 2 aromatic carbocycles. The van der Waals surface area contributed by atoms with Crippen molar-refractivity contribution in [3.8, 4) is 0 Å². The van der Waals surface area contributed by atoms with Crippen LogP contribution in [0.1, 0.15) is 26.3 Å². The van der Waals surface area contributed by atoms with Crippen molar-refractivity contribution in [1.82, 2.24) is 9.97 Å². The second kappa shape index (κ2) is 8.43. The van der Waals surface area contributed by atoms with Gasteiger partial charge in [-0.3, -0.25) is 9.59 Å². The lowest BCUT2D eigenvalue weighted by Crippen LogP contribution is -2.30. The summed E-state index contributed by atoms with van der Waals surface area (Å²) in [5.74, 6) is 0.341. The van der Waals surface area contributed by atoms with E-state index in [1.54, 1.807) is 53.6 Å². The number of nitrogens with zero attached hydrogens (tertiary/aromatic N) is 3. The number of fused-ring (bicyclic) bond motifs is 2. The third-order valence-corrected chi connectivity index (χ3v) is 5.38. The molecule has 4 aromatic rings. The average Bonchev–Trinajstić information content (AvgIpc) is 3.01. The Bertz CT molecular complexity index is 1350. The minimum absolute atomic E-state index is 0.222. The van der Waals surface area contributed by atoms with E-state index in [1.165, 1.54) is 6.20 Å².